The molecular weight excluding hydrogens is 536 g/mol. The Labute approximate surface area is 237 Å². The summed E-state index contributed by atoms with van der Waals surface area (Å²) in [6.45, 7) is 6.37. The molecule has 3 rings (SSSR count). The maximum atomic E-state index is 12.4. The van der Waals surface area contributed by atoms with Crippen molar-refractivity contribution in [2.75, 3.05) is 30.5 Å². The number of hydrogen-bond acceptors (Lipinski definition) is 7. The lowest BCUT2D eigenvalue weighted by atomic mass is 10.2. The van der Waals surface area contributed by atoms with Crippen molar-refractivity contribution in [3.63, 3.8) is 0 Å². The third-order valence-corrected chi connectivity index (χ3v) is 5.51. The minimum atomic E-state index is -0.937. The first-order valence-corrected chi connectivity index (χ1v) is 13.0. The number of amides is 3. The van der Waals surface area contributed by atoms with Gasteiger partial charge in [0.15, 0.2) is 18.1 Å². The molecule has 0 unspecified atom stereocenters. The number of nitrogens with zero attached hydrogens (tertiary/aromatic N) is 1. The Morgan fingerprint density at radius 2 is 1.65 bits per heavy atom. The summed E-state index contributed by atoms with van der Waals surface area (Å²) < 4.78 is 16.8. The van der Waals surface area contributed by atoms with Crippen LogP contribution in [0.3, 0.4) is 0 Å². The van der Waals surface area contributed by atoms with Gasteiger partial charge in [-0.05, 0) is 86.0 Å². The molecule has 0 bridgehead atoms. The van der Waals surface area contributed by atoms with Crippen molar-refractivity contribution < 1.29 is 28.6 Å². The standard InChI is InChI=1S/C29H31ClN4O6/c1-4-14-39-23-11-9-22(10-12-23)32-28(36)29(37)34-31-17-20-7-13-25(26(15-20)38-5-2)40-18-27(35)33-24-16-21(30)8-6-19(24)3/h6-13,15-17H,4-5,14,18H2,1-3H3,(H,32,36)(H,33,35)(H,34,37)/b31-17-. The fraction of sp³-hybridized carbons (Fsp3) is 0.241. The number of aryl methyl sites for hydroxylation is 1. The molecule has 0 atom stereocenters. The molecule has 40 heavy (non-hydrogen) atoms. The second-order valence-electron chi connectivity index (χ2n) is 8.46. The van der Waals surface area contributed by atoms with Gasteiger partial charge >= 0.3 is 11.8 Å². The van der Waals surface area contributed by atoms with Gasteiger partial charge in [0.2, 0.25) is 0 Å². The van der Waals surface area contributed by atoms with E-state index in [2.05, 4.69) is 21.2 Å². The van der Waals surface area contributed by atoms with Crippen molar-refractivity contribution in [1.82, 2.24) is 5.43 Å². The molecule has 0 aliphatic rings. The number of anilines is 2. The van der Waals surface area contributed by atoms with E-state index in [1.165, 1.54) is 6.21 Å². The van der Waals surface area contributed by atoms with Gasteiger partial charge in [-0.25, -0.2) is 5.43 Å². The van der Waals surface area contributed by atoms with E-state index in [4.69, 9.17) is 25.8 Å². The molecular formula is C29H31ClN4O6. The predicted octanol–water partition coefficient (Wildman–Crippen LogP) is 4.94. The summed E-state index contributed by atoms with van der Waals surface area (Å²) in [6.07, 6.45) is 2.24. The van der Waals surface area contributed by atoms with Crippen LogP contribution >= 0.6 is 11.6 Å². The Kier molecular flexibility index (Phi) is 11.3. The molecule has 0 saturated carbocycles. The molecule has 0 spiro atoms. The van der Waals surface area contributed by atoms with E-state index in [9.17, 15) is 14.4 Å². The monoisotopic (exact) mass is 566 g/mol. The molecule has 3 N–H and O–H groups in total. The first kappa shape index (κ1) is 30.0. The maximum absolute atomic E-state index is 12.4. The summed E-state index contributed by atoms with van der Waals surface area (Å²) in [4.78, 5) is 36.7. The zero-order valence-electron chi connectivity index (χ0n) is 22.5. The normalized spacial score (nSPS) is 10.6. The topological polar surface area (TPSA) is 127 Å². The zero-order valence-corrected chi connectivity index (χ0v) is 23.2. The fourth-order valence-electron chi connectivity index (χ4n) is 3.31. The van der Waals surface area contributed by atoms with Gasteiger partial charge in [0.25, 0.3) is 5.91 Å². The Morgan fingerprint density at radius 3 is 2.38 bits per heavy atom. The second-order valence-corrected chi connectivity index (χ2v) is 8.90. The molecule has 210 valence electrons. The minimum Gasteiger partial charge on any atom is -0.494 e. The summed E-state index contributed by atoms with van der Waals surface area (Å²) in [6, 6.07) is 16.8. The highest BCUT2D eigenvalue weighted by Gasteiger charge is 2.14. The molecule has 3 aromatic rings. The Hall–Kier alpha value is -4.57. The quantitative estimate of drug-likeness (QED) is 0.162. The minimum absolute atomic E-state index is 0.251. The smallest absolute Gasteiger partial charge is 0.329 e. The Balaban J connectivity index is 1.53. The second kappa shape index (κ2) is 15.1. The molecule has 3 aromatic carbocycles. The first-order valence-electron chi connectivity index (χ1n) is 12.6. The summed E-state index contributed by atoms with van der Waals surface area (Å²) in [5.74, 6) is -0.758. The van der Waals surface area contributed by atoms with E-state index < -0.39 is 11.8 Å². The predicted molar refractivity (Wildman–Crippen MR) is 155 cm³/mol. The van der Waals surface area contributed by atoms with Gasteiger partial charge in [-0.1, -0.05) is 24.6 Å². The highest BCUT2D eigenvalue weighted by Crippen LogP contribution is 2.28. The van der Waals surface area contributed by atoms with Crippen molar-refractivity contribution in [3.05, 3.63) is 76.8 Å². The summed E-state index contributed by atoms with van der Waals surface area (Å²) in [5.41, 5.74) is 4.67. The van der Waals surface area contributed by atoms with Crippen LogP contribution in [0.1, 0.15) is 31.4 Å². The van der Waals surface area contributed by atoms with E-state index in [0.29, 0.717) is 52.4 Å². The van der Waals surface area contributed by atoms with Crippen LogP contribution in [0.2, 0.25) is 5.02 Å². The van der Waals surface area contributed by atoms with E-state index in [0.717, 1.165) is 12.0 Å². The lowest BCUT2D eigenvalue weighted by molar-refractivity contribution is -0.136. The SMILES string of the molecule is CCCOc1ccc(NC(=O)C(=O)N/N=C\c2ccc(OCC(=O)Nc3cc(Cl)ccc3C)c(OCC)c2)cc1. The zero-order chi connectivity index (χ0) is 28.9. The third-order valence-electron chi connectivity index (χ3n) is 5.27. The largest absolute Gasteiger partial charge is 0.494 e. The number of nitrogens with one attached hydrogen (secondary N) is 3. The van der Waals surface area contributed by atoms with Crippen LogP contribution in [0.4, 0.5) is 11.4 Å². The highest BCUT2D eigenvalue weighted by atomic mass is 35.5. The van der Waals surface area contributed by atoms with Crippen LogP contribution in [0, 0.1) is 6.92 Å². The maximum Gasteiger partial charge on any atom is 0.329 e. The van der Waals surface area contributed by atoms with Gasteiger partial charge < -0.3 is 24.8 Å². The molecule has 0 fully saturated rings. The molecule has 0 radical (unpaired) electrons. The molecule has 10 nitrogen and oxygen atoms in total. The number of carbonyl (C=O) groups is 3. The number of carbonyl (C=O) groups excluding carboxylic acids is 3. The van der Waals surface area contributed by atoms with Gasteiger partial charge in [-0.3, -0.25) is 14.4 Å². The van der Waals surface area contributed by atoms with Crippen molar-refractivity contribution in [2.24, 2.45) is 5.10 Å². The fourth-order valence-corrected chi connectivity index (χ4v) is 3.48. The Bertz CT molecular complexity index is 1360. The molecule has 0 heterocycles. The van der Waals surface area contributed by atoms with E-state index in [1.807, 2.05) is 26.8 Å². The van der Waals surface area contributed by atoms with Crippen LogP contribution in [0.5, 0.6) is 17.2 Å². The van der Waals surface area contributed by atoms with Gasteiger partial charge in [-0.15, -0.1) is 0 Å². The van der Waals surface area contributed by atoms with Gasteiger partial charge in [0.05, 0.1) is 19.4 Å². The molecule has 0 saturated heterocycles. The van der Waals surface area contributed by atoms with Crippen molar-refractivity contribution in [1.29, 1.82) is 0 Å². The van der Waals surface area contributed by atoms with E-state index in [1.54, 1.807) is 54.6 Å². The molecule has 0 aliphatic carbocycles. The first-order chi connectivity index (χ1) is 19.3. The number of halogens is 1. The van der Waals surface area contributed by atoms with Crippen LogP contribution in [-0.2, 0) is 14.4 Å². The number of hydrogen-bond donors (Lipinski definition) is 3. The number of rotatable bonds is 12. The Morgan fingerprint density at radius 1 is 0.875 bits per heavy atom. The molecule has 0 aliphatic heterocycles. The van der Waals surface area contributed by atoms with E-state index >= 15 is 0 Å². The van der Waals surface area contributed by atoms with Crippen LogP contribution in [-0.4, -0.2) is 43.8 Å². The number of benzene rings is 3. The average molecular weight is 567 g/mol. The summed E-state index contributed by atoms with van der Waals surface area (Å²) in [5, 5.41) is 9.62. The van der Waals surface area contributed by atoms with Gasteiger partial charge in [-0.2, -0.15) is 5.10 Å². The van der Waals surface area contributed by atoms with Crippen molar-refractivity contribution in [3.8, 4) is 17.2 Å². The number of hydrazone groups is 1. The average Bonchev–Trinajstić information content (AvgIpc) is 2.94. The van der Waals surface area contributed by atoms with Gasteiger partial charge in [0, 0.05) is 16.4 Å². The summed E-state index contributed by atoms with van der Waals surface area (Å²) in [7, 11) is 0. The molecule has 11 heteroatoms. The number of ether oxygens (including phenoxy) is 3. The highest BCUT2D eigenvalue weighted by molar-refractivity contribution is 6.39. The van der Waals surface area contributed by atoms with Crippen LogP contribution < -0.4 is 30.3 Å². The van der Waals surface area contributed by atoms with E-state index in [-0.39, 0.29) is 12.5 Å². The molecule has 3 amide bonds. The summed E-state index contributed by atoms with van der Waals surface area (Å²) >= 11 is 6.01. The van der Waals surface area contributed by atoms with Gasteiger partial charge in [0.1, 0.15) is 5.75 Å². The van der Waals surface area contributed by atoms with Crippen molar-refractivity contribution in [2.45, 2.75) is 27.2 Å². The third kappa shape index (κ3) is 9.32. The molecule has 0 aromatic heterocycles. The van der Waals surface area contributed by atoms with Crippen LogP contribution in [0.15, 0.2) is 65.8 Å². The van der Waals surface area contributed by atoms with Crippen molar-refractivity contribution >= 4 is 46.9 Å². The lowest BCUT2D eigenvalue weighted by Gasteiger charge is -2.13. The lowest BCUT2D eigenvalue weighted by Crippen LogP contribution is -2.32. The van der Waals surface area contributed by atoms with Crippen LogP contribution in [0.25, 0.3) is 0 Å².